The summed E-state index contributed by atoms with van der Waals surface area (Å²) in [5.41, 5.74) is 2.09. The van der Waals surface area contributed by atoms with Crippen molar-refractivity contribution < 1.29 is 4.74 Å². The number of benzene rings is 3. The number of nitrogens with zero attached hydrogens (tertiary/aromatic N) is 3. The molecule has 0 saturated heterocycles. The molecule has 1 N–H and O–H groups in total. The van der Waals surface area contributed by atoms with Crippen molar-refractivity contribution in [2.75, 3.05) is 6.61 Å². The average Bonchev–Trinajstić information content (AvgIpc) is 3.14. The number of thioether (sulfide) groups is 1. The van der Waals surface area contributed by atoms with Gasteiger partial charge in [-0.25, -0.2) is 4.68 Å². The van der Waals surface area contributed by atoms with E-state index in [0.717, 1.165) is 16.3 Å². The lowest BCUT2D eigenvalue weighted by Gasteiger charge is -2.02. The van der Waals surface area contributed by atoms with Crippen LogP contribution in [0.3, 0.4) is 0 Å². The Morgan fingerprint density at radius 1 is 0.969 bits per heavy atom. The summed E-state index contributed by atoms with van der Waals surface area (Å²) in [6.45, 7) is 2.53. The summed E-state index contributed by atoms with van der Waals surface area (Å²) in [5, 5.41) is 12.5. The van der Waals surface area contributed by atoms with Crippen molar-refractivity contribution in [3.05, 3.63) is 99.9 Å². The average molecular weight is 465 g/mol. The third kappa shape index (κ3) is 5.30. The van der Waals surface area contributed by atoms with Crippen LogP contribution in [0.1, 0.15) is 12.6 Å². The van der Waals surface area contributed by atoms with Gasteiger partial charge < -0.3 is 4.74 Å². The van der Waals surface area contributed by atoms with Crippen LogP contribution < -0.4 is 10.3 Å². The van der Waals surface area contributed by atoms with Gasteiger partial charge in [-0.1, -0.05) is 29.8 Å². The standard InChI is InChI=1S/C24H21ClN4O2S/c1-2-31-20-12-10-18(11-13-20)26-27-23-22(16-32-21-14-8-17(25)9-15-21)28-29(24(23)30)19-6-4-3-5-7-19/h3-15,28H,2,16H2,1H3. The predicted octanol–water partition coefficient (Wildman–Crippen LogP) is 6.93. The number of nitrogens with one attached hydrogen (secondary N) is 1. The number of aromatic amines is 1. The summed E-state index contributed by atoms with van der Waals surface area (Å²) in [6.07, 6.45) is 0. The van der Waals surface area contributed by atoms with Crippen LogP contribution in [0, 0.1) is 0 Å². The van der Waals surface area contributed by atoms with Crippen molar-refractivity contribution in [3.63, 3.8) is 0 Å². The van der Waals surface area contributed by atoms with E-state index in [1.807, 2.05) is 73.7 Å². The molecule has 6 nitrogen and oxygen atoms in total. The molecule has 3 aromatic carbocycles. The quantitative estimate of drug-likeness (QED) is 0.227. The number of aromatic nitrogens is 2. The van der Waals surface area contributed by atoms with Gasteiger partial charge in [0.2, 0.25) is 0 Å². The first-order chi connectivity index (χ1) is 15.6. The van der Waals surface area contributed by atoms with Gasteiger partial charge in [0.1, 0.15) is 5.75 Å². The summed E-state index contributed by atoms with van der Waals surface area (Å²) >= 11 is 7.56. The highest BCUT2D eigenvalue weighted by Gasteiger charge is 2.16. The third-order valence-corrected chi connectivity index (χ3v) is 5.85. The van der Waals surface area contributed by atoms with Gasteiger partial charge in [-0.2, -0.15) is 5.11 Å². The number of azo groups is 1. The largest absolute Gasteiger partial charge is 0.494 e. The minimum absolute atomic E-state index is 0.252. The second-order valence-corrected chi connectivity index (χ2v) is 8.27. The molecule has 4 aromatic rings. The van der Waals surface area contributed by atoms with Gasteiger partial charge in [0.05, 0.1) is 23.7 Å². The van der Waals surface area contributed by atoms with Crippen molar-refractivity contribution >= 4 is 34.7 Å². The lowest BCUT2D eigenvalue weighted by atomic mass is 10.3. The van der Waals surface area contributed by atoms with Gasteiger partial charge in [-0.05, 0) is 67.6 Å². The lowest BCUT2D eigenvalue weighted by molar-refractivity contribution is 0.340. The first kappa shape index (κ1) is 21.9. The second kappa shape index (κ2) is 10.3. The van der Waals surface area contributed by atoms with E-state index in [0.29, 0.717) is 28.8 Å². The summed E-state index contributed by atoms with van der Waals surface area (Å²) in [4.78, 5) is 14.2. The fourth-order valence-electron chi connectivity index (χ4n) is 3.01. The van der Waals surface area contributed by atoms with E-state index in [1.165, 1.54) is 4.68 Å². The molecule has 8 heteroatoms. The zero-order valence-corrected chi connectivity index (χ0v) is 18.9. The zero-order chi connectivity index (χ0) is 22.3. The van der Waals surface area contributed by atoms with E-state index in [2.05, 4.69) is 15.3 Å². The van der Waals surface area contributed by atoms with Crippen LogP contribution in [0.2, 0.25) is 5.02 Å². The smallest absolute Gasteiger partial charge is 0.299 e. The number of para-hydroxylation sites is 1. The van der Waals surface area contributed by atoms with Gasteiger partial charge >= 0.3 is 0 Å². The Balaban J connectivity index is 1.64. The molecule has 0 saturated carbocycles. The Morgan fingerprint density at radius 2 is 1.69 bits per heavy atom. The van der Waals surface area contributed by atoms with Crippen LogP contribution in [-0.2, 0) is 5.75 Å². The molecule has 0 aliphatic carbocycles. The summed E-state index contributed by atoms with van der Waals surface area (Å²) < 4.78 is 6.94. The molecule has 0 atom stereocenters. The predicted molar refractivity (Wildman–Crippen MR) is 129 cm³/mol. The molecular formula is C24H21ClN4O2S. The number of halogens is 1. The fourth-order valence-corrected chi connectivity index (χ4v) is 3.97. The number of H-pyrrole nitrogens is 1. The molecule has 1 aromatic heterocycles. The minimum Gasteiger partial charge on any atom is -0.494 e. The maximum atomic E-state index is 13.1. The molecular weight excluding hydrogens is 444 g/mol. The minimum atomic E-state index is -0.252. The first-order valence-corrected chi connectivity index (χ1v) is 11.4. The van der Waals surface area contributed by atoms with E-state index in [1.54, 1.807) is 23.9 Å². The Morgan fingerprint density at radius 3 is 2.38 bits per heavy atom. The molecule has 0 aliphatic heterocycles. The third-order valence-electron chi connectivity index (χ3n) is 4.56. The number of hydrogen-bond acceptors (Lipinski definition) is 5. The van der Waals surface area contributed by atoms with Crippen LogP contribution in [0.25, 0.3) is 5.69 Å². The van der Waals surface area contributed by atoms with Gasteiger partial charge in [-0.15, -0.1) is 16.9 Å². The van der Waals surface area contributed by atoms with Crippen molar-refractivity contribution in [3.8, 4) is 11.4 Å². The SMILES string of the molecule is CCOc1ccc(N=Nc2c(CSc3ccc(Cl)cc3)[nH]n(-c3ccccc3)c2=O)cc1. The monoisotopic (exact) mass is 464 g/mol. The summed E-state index contributed by atoms with van der Waals surface area (Å²) in [6, 6.07) is 24.2. The number of rotatable bonds is 8. The Hall–Kier alpha value is -3.29. The molecule has 0 aliphatic rings. The molecule has 0 unspecified atom stereocenters. The van der Waals surface area contributed by atoms with E-state index in [-0.39, 0.29) is 11.2 Å². The topological polar surface area (TPSA) is 71.7 Å². The molecule has 0 spiro atoms. The lowest BCUT2D eigenvalue weighted by Crippen LogP contribution is -2.13. The first-order valence-electron chi connectivity index (χ1n) is 10.1. The molecule has 1 heterocycles. The molecule has 162 valence electrons. The summed E-state index contributed by atoms with van der Waals surface area (Å²) in [7, 11) is 0. The van der Waals surface area contributed by atoms with E-state index < -0.39 is 0 Å². The second-order valence-electron chi connectivity index (χ2n) is 6.78. The molecule has 0 amide bonds. The van der Waals surface area contributed by atoms with Crippen molar-refractivity contribution in [2.24, 2.45) is 10.2 Å². The van der Waals surface area contributed by atoms with Crippen LogP contribution in [-0.4, -0.2) is 16.4 Å². The van der Waals surface area contributed by atoms with Gasteiger partial charge in [0.25, 0.3) is 5.56 Å². The van der Waals surface area contributed by atoms with Gasteiger partial charge in [-0.3, -0.25) is 9.89 Å². The normalized spacial score (nSPS) is 11.2. The van der Waals surface area contributed by atoms with Crippen molar-refractivity contribution in [1.29, 1.82) is 0 Å². The van der Waals surface area contributed by atoms with Crippen LogP contribution >= 0.6 is 23.4 Å². The fraction of sp³-hybridized carbons (Fsp3) is 0.125. The highest BCUT2D eigenvalue weighted by atomic mass is 35.5. The van der Waals surface area contributed by atoms with Crippen LogP contribution in [0.4, 0.5) is 11.4 Å². The highest BCUT2D eigenvalue weighted by Crippen LogP contribution is 2.28. The zero-order valence-electron chi connectivity index (χ0n) is 17.4. The summed E-state index contributed by atoms with van der Waals surface area (Å²) in [5.74, 6) is 1.29. The molecule has 32 heavy (non-hydrogen) atoms. The molecule has 0 radical (unpaired) electrons. The Labute approximate surface area is 194 Å². The molecule has 0 fully saturated rings. The van der Waals surface area contributed by atoms with E-state index >= 15 is 0 Å². The number of ether oxygens (including phenoxy) is 1. The van der Waals surface area contributed by atoms with Gasteiger partial charge in [0, 0.05) is 15.7 Å². The Kier molecular flexibility index (Phi) is 7.09. The van der Waals surface area contributed by atoms with Crippen LogP contribution in [0.5, 0.6) is 5.75 Å². The van der Waals surface area contributed by atoms with Crippen molar-refractivity contribution in [1.82, 2.24) is 9.78 Å². The maximum absolute atomic E-state index is 13.1. The van der Waals surface area contributed by atoms with E-state index in [9.17, 15) is 4.79 Å². The van der Waals surface area contributed by atoms with Crippen LogP contribution in [0.15, 0.2) is 98.8 Å². The molecule has 0 bridgehead atoms. The number of hydrogen-bond donors (Lipinski definition) is 1. The van der Waals surface area contributed by atoms with Crippen molar-refractivity contribution in [2.45, 2.75) is 17.6 Å². The Bertz CT molecular complexity index is 1250. The van der Waals surface area contributed by atoms with E-state index in [4.69, 9.17) is 16.3 Å². The molecule has 4 rings (SSSR count). The highest BCUT2D eigenvalue weighted by molar-refractivity contribution is 7.98. The maximum Gasteiger partial charge on any atom is 0.299 e. The van der Waals surface area contributed by atoms with Gasteiger partial charge in [0.15, 0.2) is 5.69 Å².